The normalized spacial score (nSPS) is 10.2. The number of nitrogens with zero attached hydrogens (tertiary/aromatic N) is 1. The van der Waals surface area contributed by atoms with Crippen LogP contribution in [0.15, 0.2) is 41.3 Å². The number of nitrogens with two attached hydrogens (primary N) is 1. The number of pyridine rings is 1. The third-order valence-electron chi connectivity index (χ3n) is 3.11. The van der Waals surface area contributed by atoms with Gasteiger partial charge in [0.1, 0.15) is 10.6 Å². The number of hydrogen-bond acceptors (Lipinski definition) is 3. The number of carbonyl (C=O) groups excluding carboxylic acids is 1. The molecule has 0 saturated carbocycles. The second kappa shape index (κ2) is 5.88. The van der Waals surface area contributed by atoms with Gasteiger partial charge in [-0.15, -0.1) is 0 Å². The van der Waals surface area contributed by atoms with Gasteiger partial charge in [-0.3, -0.25) is 9.59 Å². The predicted molar refractivity (Wildman–Crippen MR) is 86.9 cm³/mol. The predicted octanol–water partition coefficient (Wildman–Crippen LogP) is 1.59. The first kappa shape index (κ1) is 14.9. The fourth-order valence-electron chi connectivity index (χ4n) is 1.91. The van der Waals surface area contributed by atoms with Crippen molar-refractivity contribution in [3.8, 4) is 0 Å². The number of nitrogens with one attached hydrogen (secondary N) is 1. The highest BCUT2D eigenvalue weighted by atomic mass is 32.1. The summed E-state index contributed by atoms with van der Waals surface area (Å²) in [6.07, 6.45) is 1.42. The number of aryl methyl sites for hydroxylation is 1. The van der Waals surface area contributed by atoms with Crippen LogP contribution >= 0.6 is 12.2 Å². The molecule has 0 aliphatic carbocycles. The molecule has 1 amide bonds. The third kappa shape index (κ3) is 3.17. The Hall–Kier alpha value is -2.47. The minimum atomic E-state index is -0.392. The van der Waals surface area contributed by atoms with Crippen molar-refractivity contribution in [3.05, 3.63) is 63.6 Å². The van der Waals surface area contributed by atoms with Crippen molar-refractivity contribution >= 4 is 28.8 Å². The van der Waals surface area contributed by atoms with Crippen molar-refractivity contribution in [3.63, 3.8) is 0 Å². The molecule has 21 heavy (non-hydrogen) atoms. The van der Waals surface area contributed by atoms with E-state index in [0.29, 0.717) is 16.9 Å². The number of rotatable bonds is 3. The third-order valence-corrected chi connectivity index (χ3v) is 3.35. The topological polar surface area (TPSA) is 79.2 Å². The highest BCUT2D eigenvalue weighted by Gasteiger charge is 2.17. The van der Waals surface area contributed by atoms with Gasteiger partial charge >= 0.3 is 0 Å². The molecule has 2 rings (SSSR count). The average molecular weight is 301 g/mol. The minimum Gasteiger partial charge on any atom is -0.389 e. The summed E-state index contributed by atoms with van der Waals surface area (Å²) in [5, 5.41) is 0. The number of thiocarbonyl (C=S) groups is 1. The second-order valence-corrected chi connectivity index (χ2v) is 5.11. The van der Waals surface area contributed by atoms with Crippen LogP contribution in [-0.4, -0.2) is 22.9 Å². The molecule has 108 valence electrons. The van der Waals surface area contributed by atoms with Crippen LogP contribution < -0.4 is 16.1 Å². The first-order chi connectivity index (χ1) is 9.90. The van der Waals surface area contributed by atoms with Gasteiger partial charge < -0.3 is 15.6 Å². The van der Waals surface area contributed by atoms with Gasteiger partial charge in [-0.05, 0) is 19.1 Å². The maximum atomic E-state index is 12.4. The van der Waals surface area contributed by atoms with Crippen LogP contribution in [0.1, 0.15) is 21.6 Å². The summed E-state index contributed by atoms with van der Waals surface area (Å²) in [5.74, 6) is -0.392. The Bertz CT molecular complexity index is 768. The molecule has 0 aliphatic heterocycles. The van der Waals surface area contributed by atoms with Crippen LogP contribution in [0, 0.1) is 6.92 Å². The van der Waals surface area contributed by atoms with Gasteiger partial charge in [0.25, 0.3) is 5.91 Å². The molecule has 0 radical (unpaired) electrons. The fourth-order valence-corrected chi connectivity index (χ4v) is 2.03. The lowest BCUT2D eigenvalue weighted by Gasteiger charge is -2.17. The van der Waals surface area contributed by atoms with Crippen molar-refractivity contribution in [2.45, 2.75) is 6.92 Å². The van der Waals surface area contributed by atoms with Crippen LogP contribution in [0.5, 0.6) is 0 Å². The van der Waals surface area contributed by atoms with E-state index >= 15 is 0 Å². The highest BCUT2D eigenvalue weighted by molar-refractivity contribution is 7.80. The van der Waals surface area contributed by atoms with Gasteiger partial charge in [-0.25, -0.2) is 0 Å². The van der Waals surface area contributed by atoms with E-state index in [1.54, 1.807) is 38.2 Å². The monoisotopic (exact) mass is 301 g/mol. The van der Waals surface area contributed by atoms with Crippen LogP contribution in [0.2, 0.25) is 0 Å². The molecular formula is C15H15N3O2S. The van der Waals surface area contributed by atoms with Crippen molar-refractivity contribution in [1.29, 1.82) is 0 Å². The van der Waals surface area contributed by atoms with Crippen LogP contribution in [0.4, 0.5) is 5.69 Å². The first-order valence-corrected chi connectivity index (χ1v) is 6.68. The van der Waals surface area contributed by atoms with Gasteiger partial charge in [0.15, 0.2) is 5.43 Å². The first-order valence-electron chi connectivity index (χ1n) is 6.27. The lowest BCUT2D eigenvalue weighted by molar-refractivity contribution is 0.0991. The lowest BCUT2D eigenvalue weighted by Crippen LogP contribution is -2.31. The Labute approximate surface area is 127 Å². The molecule has 0 bridgehead atoms. The summed E-state index contributed by atoms with van der Waals surface area (Å²) in [7, 11) is 1.60. The molecule has 0 unspecified atom stereocenters. The molecule has 0 saturated heterocycles. The minimum absolute atomic E-state index is 0.0869. The molecular weight excluding hydrogens is 286 g/mol. The summed E-state index contributed by atoms with van der Waals surface area (Å²) in [6, 6.07) is 8.38. The van der Waals surface area contributed by atoms with Gasteiger partial charge in [0.05, 0.1) is 0 Å². The Morgan fingerprint density at radius 1 is 1.33 bits per heavy atom. The van der Waals surface area contributed by atoms with Gasteiger partial charge in [-0.2, -0.15) is 0 Å². The van der Waals surface area contributed by atoms with Gasteiger partial charge in [0.2, 0.25) is 0 Å². The number of hydrogen-bond donors (Lipinski definition) is 2. The Balaban J connectivity index is 2.37. The summed E-state index contributed by atoms with van der Waals surface area (Å²) in [4.78, 5) is 28.8. The molecule has 0 aliphatic rings. The van der Waals surface area contributed by atoms with Gasteiger partial charge in [0, 0.05) is 36.3 Å². The molecule has 1 aromatic heterocycles. The maximum Gasteiger partial charge on any atom is 0.263 e. The number of aromatic nitrogens is 1. The zero-order valence-electron chi connectivity index (χ0n) is 11.7. The van der Waals surface area contributed by atoms with E-state index in [-0.39, 0.29) is 16.0 Å². The number of benzene rings is 1. The van der Waals surface area contributed by atoms with E-state index in [1.165, 1.54) is 17.2 Å². The molecule has 1 aromatic carbocycles. The number of H-pyrrole nitrogens is 1. The van der Waals surface area contributed by atoms with E-state index in [4.69, 9.17) is 18.0 Å². The van der Waals surface area contributed by atoms with Gasteiger partial charge in [-0.1, -0.05) is 24.4 Å². The number of amides is 1. The number of carbonyl (C=O) groups is 1. The number of anilines is 1. The lowest BCUT2D eigenvalue weighted by atomic mass is 10.1. The fraction of sp³-hybridized carbons (Fsp3) is 0.133. The number of aromatic amines is 1. The van der Waals surface area contributed by atoms with E-state index in [1.807, 2.05) is 0 Å². The molecule has 2 aromatic rings. The Kier molecular flexibility index (Phi) is 4.18. The van der Waals surface area contributed by atoms with Crippen molar-refractivity contribution in [2.24, 2.45) is 5.73 Å². The second-order valence-electron chi connectivity index (χ2n) is 4.67. The maximum absolute atomic E-state index is 12.4. The van der Waals surface area contributed by atoms with Crippen LogP contribution in [0.25, 0.3) is 0 Å². The van der Waals surface area contributed by atoms with E-state index in [2.05, 4.69) is 4.98 Å². The molecule has 0 spiro atoms. The smallest absolute Gasteiger partial charge is 0.263 e. The summed E-state index contributed by atoms with van der Waals surface area (Å²) >= 11 is 4.92. The van der Waals surface area contributed by atoms with E-state index < -0.39 is 5.91 Å². The van der Waals surface area contributed by atoms with Crippen LogP contribution in [-0.2, 0) is 0 Å². The molecule has 3 N–H and O–H groups in total. The average Bonchev–Trinajstić information content (AvgIpc) is 2.46. The van der Waals surface area contributed by atoms with Crippen molar-refractivity contribution < 1.29 is 4.79 Å². The molecule has 5 nitrogen and oxygen atoms in total. The largest absolute Gasteiger partial charge is 0.389 e. The highest BCUT2D eigenvalue weighted by Crippen LogP contribution is 2.16. The summed E-state index contributed by atoms with van der Waals surface area (Å²) in [5.41, 5.74) is 7.35. The summed E-state index contributed by atoms with van der Waals surface area (Å²) < 4.78 is 0. The molecule has 0 atom stereocenters. The molecule has 1 heterocycles. The van der Waals surface area contributed by atoms with Crippen molar-refractivity contribution in [1.82, 2.24) is 4.98 Å². The standard InChI is InChI=1S/C15H15N3O2S/c1-9-6-13(19)12(8-17-9)15(20)18(2)11-5-3-4-10(7-11)14(16)21/h3-8H,1-2H3,(H2,16,21)(H,17,19). The molecule has 0 fully saturated rings. The Morgan fingerprint density at radius 2 is 2.05 bits per heavy atom. The SMILES string of the molecule is Cc1cc(=O)c(C(=O)N(C)c2cccc(C(N)=S)c2)c[nH]1. The Morgan fingerprint density at radius 3 is 2.67 bits per heavy atom. The zero-order valence-corrected chi connectivity index (χ0v) is 12.5. The zero-order chi connectivity index (χ0) is 15.6. The van der Waals surface area contributed by atoms with Crippen LogP contribution in [0.3, 0.4) is 0 Å². The van der Waals surface area contributed by atoms with Crippen molar-refractivity contribution in [2.75, 3.05) is 11.9 Å². The molecule has 6 heteroatoms. The van der Waals surface area contributed by atoms with E-state index in [9.17, 15) is 9.59 Å². The quantitative estimate of drug-likeness (QED) is 0.844. The summed E-state index contributed by atoms with van der Waals surface area (Å²) in [6.45, 7) is 1.75. The van der Waals surface area contributed by atoms with E-state index in [0.717, 1.165) is 0 Å².